The van der Waals surface area contributed by atoms with Crippen molar-refractivity contribution in [3.05, 3.63) is 47.9 Å². The number of hydrogen-bond acceptors (Lipinski definition) is 5. The topological polar surface area (TPSA) is 63.5 Å². The number of ether oxygens (including phenoxy) is 1. The summed E-state index contributed by atoms with van der Waals surface area (Å²) in [5.74, 6) is 1.64. The number of methoxy groups -OCH3 is 1. The van der Waals surface area contributed by atoms with Gasteiger partial charge >= 0.3 is 0 Å². The molecule has 0 saturated heterocycles. The van der Waals surface area contributed by atoms with E-state index in [1.54, 1.807) is 13.4 Å². The number of benzene rings is 1. The third-order valence-corrected chi connectivity index (χ3v) is 3.97. The smallest absolute Gasteiger partial charge is 0.158 e. The molecular formula is C16H17N5O. The molecule has 0 atom stereocenters. The maximum atomic E-state index is 5.27. The molecule has 3 heterocycles. The fourth-order valence-corrected chi connectivity index (χ4v) is 2.92. The summed E-state index contributed by atoms with van der Waals surface area (Å²) in [5, 5.41) is 11.1. The van der Waals surface area contributed by atoms with E-state index < -0.39 is 0 Å². The Bertz CT molecular complexity index is 827. The molecule has 1 aliphatic rings. The number of nitrogens with zero attached hydrogens (tertiary/aromatic N) is 3. The second-order valence-corrected chi connectivity index (χ2v) is 5.32. The Labute approximate surface area is 128 Å². The van der Waals surface area contributed by atoms with Crippen molar-refractivity contribution < 1.29 is 4.74 Å². The normalized spacial score (nSPS) is 13.9. The molecule has 2 N–H and O–H groups in total. The number of nitrogens with one attached hydrogen (secondary N) is 2. The third kappa shape index (κ3) is 2.17. The zero-order chi connectivity index (χ0) is 14.9. The van der Waals surface area contributed by atoms with Crippen LogP contribution in [0, 0.1) is 0 Å². The number of aromatic nitrogens is 3. The lowest BCUT2D eigenvalue weighted by Gasteiger charge is -2.14. The van der Waals surface area contributed by atoms with Crippen molar-refractivity contribution in [1.82, 2.24) is 19.9 Å². The van der Waals surface area contributed by atoms with E-state index in [4.69, 9.17) is 4.74 Å². The average Bonchev–Trinajstić information content (AvgIpc) is 2.94. The highest BCUT2D eigenvalue weighted by atomic mass is 16.5. The molecule has 1 aliphatic heterocycles. The van der Waals surface area contributed by atoms with Gasteiger partial charge < -0.3 is 15.4 Å². The molecule has 0 bridgehead atoms. The maximum Gasteiger partial charge on any atom is 0.158 e. The van der Waals surface area contributed by atoms with E-state index in [1.807, 2.05) is 28.8 Å². The SMILES string of the molecule is COc1cccc(Nc2ncnn3cc4c(c23)CCNC4)c1. The van der Waals surface area contributed by atoms with Crippen LogP contribution in [0.2, 0.25) is 0 Å². The third-order valence-electron chi connectivity index (χ3n) is 3.97. The Morgan fingerprint density at radius 2 is 2.32 bits per heavy atom. The van der Waals surface area contributed by atoms with Crippen LogP contribution >= 0.6 is 0 Å². The first-order chi connectivity index (χ1) is 10.8. The van der Waals surface area contributed by atoms with Crippen LogP contribution in [0.25, 0.3) is 5.52 Å². The quantitative estimate of drug-likeness (QED) is 0.775. The standard InChI is InChI=1S/C16H17N5O/c1-22-13-4-2-3-12(7-13)20-16-15-14-5-6-17-8-11(14)9-21(15)19-10-18-16/h2-4,7,9-10,17H,5-6,8H2,1H3,(H,18,19,20). The lowest BCUT2D eigenvalue weighted by Crippen LogP contribution is -2.22. The van der Waals surface area contributed by atoms with Gasteiger partial charge in [-0.25, -0.2) is 9.50 Å². The number of rotatable bonds is 3. The van der Waals surface area contributed by atoms with Gasteiger partial charge in [0.2, 0.25) is 0 Å². The van der Waals surface area contributed by atoms with Gasteiger partial charge in [0, 0.05) is 24.5 Å². The average molecular weight is 295 g/mol. The van der Waals surface area contributed by atoms with Gasteiger partial charge in [0.05, 0.1) is 7.11 Å². The van der Waals surface area contributed by atoms with E-state index >= 15 is 0 Å². The van der Waals surface area contributed by atoms with Gasteiger partial charge in [0.25, 0.3) is 0 Å². The van der Waals surface area contributed by atoms with Crippen molar-refractivity contribution >= 4 is 17.0 Å². The van der Waals surface area contributed by atoms with Crippen LogP contribution in [-0.2, 0) is 13.0 Å². The summed E-state index contributed by atoms with van der Waals surface area (Å²) in [5.41, 5.74) is 4.62. The Morgan fingerprint density at radius 3 is 3.23 bits per heavy atom. The molecule has 3 aromatic rings. The van der Waals surface area contributed by atoms with Crippen molar-refractivity contribution in [3.63, 3.8) is 0 Å². The van der Waals surface area contributed by atoms with Gasteiger partial charge in [-0.15, -0.1) is 0 Å². The minimum Gasteiger partial charge on any atom is -0.497 e. The molecule has 6 nitrogen and oxygen atoms in total. The van der Waals surface area contributed by atoms with Crippen molar-refractivity contribution in [2.75, 3.05) is 19.0 Å². The molecule has 6 heteroatoms. The summed E-state index contributed by atoms with van der Waals surface area (Å²) in [7, 11) is 1.67. The summed E-state index contributed by atoms with van der Waals surface area (Å²) in [6.45, 7) is 1.87. The van der Waals surface area contributed by atoms with E-state index in [9.17, 15) is 0 Å². The van der Waals surface area contributed by atoms with E-state index in [0.29, 0.717) is 0 Å². The zero-order valence-corrected chi connectivity index (χ0v) is 12.3. The van der Waals surface area contributed by atoms with Crippen molar-refractivity contribution in [2.24, 2.45) is 0 Å². The second kappa shape index (κ2) is 5.31. The molecule has 112 valence electrons. The molecular weight excluding hydrogens is 278 g/mol. The van der Waals surface area contributed by atoms with Gasteiger partial charge in [0.1, 0.15) is 17.6 Å². The summed E-state index contributed by atoms with van der Waals surface area (Å²) in [4.78, 5) is 4.43. The Morgan fingerprint density at radius 1 is 1.36 bits per heavy atom. The van der Waals surface area contributed by atoms with E-state index in [-0.39, 0.29) is 0 Å². The molecule has 2 aromatic heterocycles. The summed E-state index contributed by atoms with van der Waals surface area (Å²) < 4.78 is 7.18. The van der Waals surface area contributed by atoms with Gasteiger partial charge in [-0.3, -0.25) is 0 Å². The van der Waals surface area contributed by atoms with E-state index in [2.05, 4.69) is 26.9 Å². The number of anilines is 2. The van der Waals surface area contributed by atoms with Crippen molar-refractivity contribution in [2.45, 2.75) is 13.0 Å². The highest BCUT2D eigenvalue weighted by Gasteiger charge is 2.18. The van der Waals surface area contributed by atoms with Crippen LogP contribution in [0.3, 0.4) is 0 Å². The van der Waals surface area contributed by atoms with Gasteiger partial charge in [-0.2, -0.15) is 5.10 Å². The van der Waals surface area contributed by atoms with Gasteiger partial charge in [-0.1, -0.05) is 6.07 Å². The Hall–Kier alpha value is -2.60. The van der Waals surface area contributed by atoms with Crippen LogP contribution in [0.1, 0.15) is 11.1 Å². The number of hydrogen-bond donors (Lipinski definition) is 2. The summed E-state index contributed by atoms with van der Waals surface area (Å²) in [6.07, 6.45) is 4.65. The molecule has 0 saturated carbocycles. The molecule has 0 amide bonds. The molecule has 4 rings (SSSR count). The first-order valence-corrected chi connectivity index (χ1v) is 7.31. The zero-order valence-electron chi connectivity index (χ0n) is 12.3. The maximum absolute atomic E-state index is 5.27. The fraction of sp³-hybridized carbons (Fsp3) is 0.250. The highest BCUT2D eigenvalue weighted by Crippen LogP contribution is 2.28. The van der Waals surface area contributed by atoms with E-state index in [0.717, 1.165) is 42.3 Å². The lowest BCUT2D eigenvalue weighted by atomic mass is 10.1. The molecule has 22 heavy (non-hydrogen) atoms. The van der Waals surface area contributed by atoms with Gasteiger partial charge in [-0.05, 0) is 36.2 Å². The van der Waals surface area contributed by atoms with Gasteiger partial charge in [0.15, 0.2) is 5.82 Å². The minimum atomic E-state index is 0.816. The molecule has 0 fully saturated rings. The second-order valence-electron chi connectivity index (χ2n) is 5.32. The predicted octanol–water partition coefficient (Wildman–Crippen LogP) is 2.13. The largest absolute Gasteiger partial charge is 0.497 e. The van der Waals surface area contributed by atoms with E-state index in [1.165, 1.54) is 11.1 Å². The van der Waals surface area contributed by atoms with Crippen molar-refractivity contribution in [3.8, 4) is 5.75 Å². The van der Waals surface area contributed by atoms with Crippen LogP contribution < -0.4 is 15.4 Å². The lowest BCUT2D eigenvalue weighted by molar-refractivity contribution is 0.415. The van der Waals surface area contributed by atoms with Crippen LogP contribution in [0.15, 0.2) is 36.8 Å². The van der Waals surface area contributed by atoms with Crippen LogP contribution in [0.4, 0.5) is 11.5 Å². The van der Waals surface area contributed by atoms with Crippen LogP contribution in [-0.4, -0.2) is 28.3 Å². The Kier molecular flexibility index (Phi) is 3.16. The molecule has 0 spiro atoms. The summed E-state index contributed by atoms with van der Waals surface area (Å²) >= 11 is 0. The predicted molar refractivity (Wildman–Crippen MR) is 84.7 cm³/mol. The summed E-state index contributed by atoms with van der Waals surface area (Å²) in [6, 6.07) is 7.83. The first-order valence-electron chi connectivity index (χ1n) is 7.31. The molecule has 0 unspecified atom stereocenters. The Balaban J connectivity index is 1.79. The molecule has 1 aromatic carbocycles. The minimum absolute atomic E-state index is 0.816. The molecule has 0 radical (unpaired) electrons. The molecule has 0 aliphatic carbocycles. The number of fused-ring (bicyclic) bond motifs is 3. The van der Waals surface area contributed by atoms with Crippen LogP contribution in [0.5, 0.6) is 5.75 Å². The fourth-order valence-electron chi connectivity index (χ4n) is 2.92. The monoisotopic (exact) mass is 295 g/mol. The highest BCUT2D eigenvalue weighted by molar-refractivity contribution is 5.78. The van der Waals surface area contributed by atoms with Crippen molar-refractivity contribution in [1.29, 1.82) is 0 Å². The first kappa shape index (κ1) is 13.1.